The fourth-order valence-electron chi connectivity index (χ4n) is 4.41. The van der Waals surface area contributed by atoms with E-state index in [0.29, 0.717) is 32.5 Å². The smallest absolute Gasteiger partial charge is 0.312 e. The lowest BCUT2D eigenvalue weighted by molar-refractivity contribution is -0.134. The summed E-state index contributed by atoms with van der Waals surface area (Å²) in [6, 6.07) is 9.31. The summed E-state index contributed by atoms with van der Waals surface area (Å²) in [4.78, 5) is 31.4. The van der Waals surface area contributed by atoms with Crippen molar-refractivity contribution in [2.24, 2.45) is 11.5 Å². The maximum absolute atomic E-state index is 12.9. The molecule has 1 fully saturated rings. The van der Waals surface area contributed by atoms with Gasteiger partial charge in [0.25, 0.3) is 0 Å². The van der Waals surface area contributed by atoms with E-state index >= 15 is 0 Å². The molecule has 5 N–H and O–H groups in total. The van der Waals surface area contributed by atoms with Crippen molar-refractivity contribution in [1.82, 2.24) is 19.6 Å². The molecule has 1 aliphatic rings. The van der Waals surface area contributed by atoms with Crippen LogP contribution in [0.3, 0.4) is 0 Å². The molecule has 0 aliphatic carbocycles. The molecule has 4 rings (SSSR count). The summed E-state index contributed by atoms with van der Waals surface area (Å²) in [5.74, 6) is -0.0356. The molecule has 2 aromatic heterocycles. The Morgan fingerprint density at radius 3 is 2.65 bits per heavy atom. The van der Waals surface area contributed by atoms with E-state index in [-0.39, 0.29) is 11.3 Å². The Kier molecular flexibility index (Phi) is 6.24. The number of carbonyl (C=O) groups is 2. The number of carbonyl (C=O) groups excluding carboxylic acids is 2. The van der Waals surface area contributed by atoms with E-state index in [9.17, 15) is 9.59 Å². The molecule has 3 amide bonds. The molecule has 3 heterocycles. The van der Waals surface area contributed by atoms with Gasteiger partial charge in [0.1, 0.15) is 0 Å². The van der Waals surface area contributed by atoms with E-state index in [2.05, 4.69) is 40.2 Å². The van der Waals surface area contributed by atoms with E-state index in [1.165, 1.54) is 5.56 Å². The standard InChI is InChI=1S/C22H28N6O2S/c23-17(7-4-10-25-20(24)30)19(29)27-11-8-22(9-12-27,16-5-2-1-3-6-16)18-15-28-13-14-31-21(28)26-18/h1-3,5-6,13-15,17H,4,7-12,23H2,(H3,24,25,30)/t17-/m0/s1. The average molecular weight is 441 g/mol. The summed E-state index contributed by atoms with van der Waals surface area (Å²) in [6.45, 7) is 1.68. The minimum Gasteiger partial charge on any atom is -0.352 e. The second-order valence-electron chi connectivity index (χ2n) is 8.03. The molecule has 1 aromatic carbocycles. The van der Waals surface area contributed by atoms with Crippen molar-refractivity contribution in [2.45, 2.75) is 37.1 Å². The molecule has 0 unspecified atom stereocenters. The van der Waals surface area contributed by atoms with E-state index in [4.69, 9.17) is 16.5 Å². The number of rotatable bonds is 7. The van der Waals surface area contributed by atoms with Crippen molar-refractivity contribution < 1.29 is 9.59 Å². The van der Waals surface area contributed by atoms with E-state index < -0.39 is 12.1 Å². The number of nitrogens with zero attached hydrogens (tertiary/aromatic N) is 3. The number of nitrogens with two attached hydrogens (primary N) is 2. The van der Waals surface area contributed by atoms with Gasteiger partial charge in [0.05, 0.1) is 11.7 Å². The van der Waals surface area contributed by atoms with E-state index in [1.54, 1.807) is 11.3 Å². The van der Waals surface area contributed by atoms with Crippen LogP contribution in [0.4, 0.5) is 4.79 Å². The predicted molar refractivity (Wildman–Crippen MR) is 121 cm³/mol. The van der Waals surface area contributed by atoms with Crippen molar-refractivity contribution in [3.05, 3.63) is 59.4 Å². The number of fused-ring (bicyclic) bond motifs is 1. The van der Waals surface area contributed by atoms with Crippen LogP contribution in [-0.4, -0.2) is 51.9 Å². The SMILES string of the molecule is NC(=O)NCCC[C@H](N)C(=O)N1CCC(c2ccccc2)(c2cn3ccsc3n2)CC1. The maximum atomic E-state index is 12.9. The number of primary amides is 1. The summed E-state index contributed by atoms with van der Waals surface area (Å²) >= 11 is 1.62. The lowest BCUT2D eigenvalue weighted by Gasteiger charge is -2.42. The van der Waals surface area contributed by atoms with Crippen LogP contribution in [-0.2, 0) is 10.2 Å². The molecule has 1 aliphatic heterocycles. The summed E-state index contributed by atoms with van der Waals surface area (Å²) in [7, 11) is 0. The van der Waals surface area contributed by atoms with Crippen molar-refractivity contribution in [3.8, 4) is 0 Å². The summed E-state index contributed by atoms with van der Waals surface area (Å²) in [6.07, 6.45) is 6.86. The summed E-state index contributed by atoms with van der Waals surface area (Å²) in [5.41, 5.74) is 13.3. The van der Waals surface area contributed by atoms with Crippen LogP contribution in [0.5, 0.6) is 0 Å². The number of thiazole rings is 1. The van der Waals surface area contributed by atoms with Crippen LogP contribution in [0.25, 0.3) is 4.96 Å². The highest BCUT2D eigenvalue weighted by atomic mass is 32.1. The molecule has 164 valence electrons. The first-order valence-corrected chi connectivity index (χ1v) is 11.4. The van der Waals surface area contributed by atoms with Crippen LogP contribution >= 0.6 is 11.3 Å². The Labute approximate surface area is 185 Å². The zero-order valence-electron chi connectivity index (χ0n) is 17.4. The molecule has 1 atom stereocenters. The first-order valence-electron chi connectivity index (χ1n) is 10.6. The van der Waals surface area contributed by atoms with Crippen LogP contribution in [0, 0.1) is 0 Å². The Morgan fingerprint density at radius 1 is 1.23 bits per heavy atom. The topological polar surface area (TPSA) is 119 Å². The third kappa shape index (κ3) is 4.42. The third-order valence-corrected chi connectivity index (χ3v) is 6.92. The minimum atomic E-state index is -0.572. The van der Waals surface area contributed by atoms with Gasteiger partial charge in [0, 0.05) is 42.8 Å². The molecular formula is C22H28N6O2S. The van der Waals surface area contributed by atoms with Crippen molar-refractivity contribution in [2.75, 3.05) is 19.6 Å². The van der Waals surface area contributed by atoms with Crippen LogP contribution in [0.15, 0.2) is 48.1 Å². The van der Waals surface area contributed by atoms with Gasteiger partial charge in [-0.25, -0.2) is 9.78 Å². The normalized spacial score (nSPS) is 16.9. The second kappa shape index (κ2) is 9.07. The van der Waals surface area contributed by atoms with Crippen molar-refractivity contribution in [1.29, 1.82) is 0 Å². The number of urea groups is 1. The summed E-state index contributed by atoms with van der Waals surface area (Å²) < 4.78 is 2.07. The van der Waals surface area contributed by atoms with Gasteiger partial charge in [-0.3, -0.25) is 9.20 Å². The van der Waals surface area contributed by atoms with Crippen LogP contribution < -0.4 is 16.8 Å². The van der Waals surface area contributed by atoms with Gasteiger partial charge in [0.2, 0.25) is 5.91 Å². The number of nitrogens with one attached hydrogen (secondary N) is 1. The lowest BCUT2D eigenvalue weighted by Crippen LogP contribution is -2.51. The maximum Gasteiger partial charge on any atom is 0.312 e. The molecule has 3 aromatic rings. The number of aromatic nitrogens is 2. The van der Waals surface area contributed by atoms with Crippen LogP contribution in [0.2, 0.25) is 0 Å². The Hall–Kier alpha value is -2.91. The van der Waals surface area contributed by atoms with Crippen molar-refractivity contribution in [3.63, 3.8) is 0 Å². The van der Waals surface area contributed by atoms with Gasteiger partial charge in [0.15, 0.2) is 4.96 Å². The second-order valence-corrected chi connectivity index (χ2v) is 8.91. The predicted octanol–water partition coefficient (Wildman–Crippen LogP) is 2.08. The van der Waals surface area contributed by atoms with Crippen LogP contribution in [0.1, 0.15) is 36.9 Å². The van der Waals surface area contributed by atoms with Gasteiger partial charge >= 0.3 is 6.03 Å². The number of hydrogen-bond acceptors (Lipinski definition) is 5. The molecule has 0 bridgehead atoms. The monoisotopic (exact) mass is 440 g/mol. The number of imidazole rings is 1. The van der Waals surface area contributed by atoms with Gasteiger partial charge in [-0.15, -0.1) is 11.3 Å². The largest absolute Gasteiger partial charge is 0.352 e. The molecule has 9 heteroatoms. The average Bonchev–Trinajstić information content (AvgIpc) is 3.39. The van der Waals surface area contributed by atoms with Gasteiger partial charge in [-0.05, 0) is 31.2 Å². The minimum absolute atomic E-state index is 0.0356. The van der Waals surface area contributed by atoms with Gasteiger partial charge < -0.3 is 21.7 Å². The van der Waals surface area contributed by atoms with Gasteiger partial charge in [-0.1, -0.05) is 30.3 Å². The highest BCUT2D eigenvalue weighted by Crippen LogP contribution is 2.41. The quantitative estimate of drug-likeness (QED) is 0.487. The zero-order chi connectivity index (χ0) is 21.8. The Balaban J connectivity index is 1.47. The number of benzene rings is 1. The first-order chi connectivity index (χ1) is 15.0. The molecule has 0 spiro atoms. The first kappa shape index (κ1) is 21.3. The molecule has 1 saturated heterocycles. The molecule has 0 saturated carbocycles. The molecule has 8 nitrogen and oxygen atoms in total. The van der Waals surface area contributed by atoms with Crippen molar-refractivity contribution >= 4 is 28.2 Å². The molecule has 31 heavy (non-hydrogen) atoms. The third-order valence-electron chi connectivity index (χ3n) is 6.15. The lowest BCUT2D eigenvalue weighted by atomic mass is 9.70. The highest BCUT2D eigenvalue weighted by molar-refractivity contribution is 7.15. The highest BCUT2D eigenvalue weighted by Gasteiger charge is 2.41. The Bertz CT molecular complexity index is 1010. The number of hydrogen-bond donors (Lipinski definition) is 3. The number of likely N-dealkylation sites (tertiary alicyclic amines) is 1. The van der Waals surface area contributed by atoms with E-state index in [1.807, 2.05) is 22.5 Å². The van der Waals surface area contributed by atoms with Gasteiger partial charge in [-0.2, -0.15) is 0 Å². The fraction of sp³-hybridized carbons (Fsp3) is 0.409. The molecular weight excluding hydrogens is 412 g/mol. The summed E-state index contributed by atoms with van der Waals surface area (Å²) in [5, 5.41) is 4.56. The fourth-order valence-corrected chi connectivity index (χ4v) is 5.11. The Morgan fingerprint density at radius 2 is 1.97 bits per heavy atom. The molecule has 0 radical (unpaired) electrons. The number of piperidine rings is 1. The van der Waals surface area contributed by atoms with E-state index in [0.717, 1.165) is 23.5 Å². The number of amides is 3. The zero-order valence-corrected chi connectivity index (χ0v) is 18.2.